The average Bonchev–Trinajstić information content (AvgIpc) is 3.13. The van der Waals surface area contributed by atoms with Gasteiger partial charge in [0.25, 0.3) is 0 Å². The van der Waals surface area contributed by atoms with Crippen LogP contribution >= 0.6 is 45.9 Å². The first kappa shape index (κ1) is 17.3. The van der Waals surface area contributed by atoms with E-state index in [1.807, 2.05) is 17.6 Å². The third-order valence-corrected chi connectivity index (χ3v) is 5.10. The summed E-state index contributed by atoms with van der Waals surface area (Å²) >= 11 is 13.2. The van der Waals surface area contributed by atoms with E-state index in [1.54, 1.807) is 17.7 Å². The standard InChI is InChI=1S/C7HCl2F3N2S.C6H4N2S/c8-4-2-1-3(7(10,11)12)15-5(2)14-6(9)13-4;1-2-9-6-5(1)3-7-4-8-6/h1H;1-4H. The van der Waals surface area contributed by atoms with E-state index in [9.17, 15) is 13.2 Å². The molecule has 0 bridgehead atoms. The van der Waals surface area contributed by atoms with E-state index >= 15 is 0 Å². The summed E-state index contributed by atoms with van der Waals surface area (Å²) in [5, 5.41) is 3.07. The highest BCUT2D eigenvalue weighted by Gasteiger charge is 2.33. The van der Waals surface area contributed by atoms with E-state index in [2.05, 4.69) is 19.9 Å². The first-order chi connectivity index (χ1) is 11.3. The first-order valence-corrected chi connectivity index (χ1v) is 8.63. The van der Waals surface area contributed by atoms with Crippen molar-refractivity contribution in [2.75, 3.05) is 0 Å². The van der Waals surface area contributed by atoms with Crippen LogP contribution in [0.2, 0.25) is 10.4 Å². The molecule has 0 amide bonds. The van der Waals surface area contributed by atoms with E-state index in [0.717, 1.165) is 16.3 Å². The topological polar surface area (TPSA) is 51.6 Å². The highest BCUT2D eigenvalue weighted by Crippen LogP contribution is 2.39. The van der Waals surface area contributed by atoms with Gasteiger partial charge in [-0.3, -0.25) is 0 Å². The Balaban J connectivity index is 0.000000159. The molecule has 124 valence electrons. The van der Waals surface area contributed by atoms with Gasteiger partial charge in [-0.05, 0) is 29.1 Å². The molecule has 0 spiro atoms. The van der Waals surface area contributed by atoms with E-state index < -0.39 is 11.1 Å². The monoisotopic (exact) mass is 408 g/mol. The van der Waals surface area contributed by atoms with Gasteiger partial charge in [-0.15, -0.1) is 22.7 Å². The predicted octanol–water partition coefficient (Wildman–Crippen LogP) is 5.71. The lowest BCUT2D eigenvalue weighted by Gasteiger charge is -1.99. The van der Waals surface area contributed by atoms with Crippen molar-refractivity contribution in [3.63, 3.8) is 0 Å². The predicted molar refractivity (Wildman–Crippen MR) is 89.9 cm³/mol. The molecule has 0 aliphatic rings. The maximum absolute atomic E-state index is 12.3. The second kappa shape index (κ2) is 6.75. The average molecular weight is 409 g/mol. The van der Waals surface area contributed by atoms with E-state index in [-0.39, 0.29) is 20.7 Å². The Morgan fingerprint density at radius 3 is 2.58 bits per heavy atom. The summed E-state index contributed by atoms with van der Waals surface area (Å²) in [6.07, 6.45) is -1.02. The maximum Gasteiger partial charge on any atom is 0.425 e. The fourth-order valence-corrected chi connectivity index (χ4v) is 3.87. The molecule has 0 radical (unpaired) electrons. The molecular formula is C13H5Cl2F3N4S2. The summed E-state index contributed by atoms with van der Waals surface area (Å²) in [5.74, 6) is 0. The maximum atomic E-state index is 12.3. The molecule has 4 aromatic heterocycles. The minimum atomic E-state index is -4.40. The third kappa shape index (κ3) is 3.75. The molecule has 0 aliphatic heterocycles. The molecule has 0 saturated heterocycles. The zero-order chi connectivity index (χ0) is 17.3. The van der Waals surface area contributed by atoms with Crippen LogP contribution in [-0.2, 0) is 6.18 Å². The largest absolute Gasteiger partial charge is 0.425 e. The Bertz CT molecular complexity index is 970. The van der Waals surface area contributed by atoms with Crippen molar-refractivity contribution in [2.24, 2.45) is 0 Å². The summed E-state index contributed by atoms with van der Waals surface area (Å²) in [7, 11) is 0. The molecule has 0 aliphatic carbocycles. The molecular weight excluding hydrogens is 404 g/mol. The summed E-state index contributed by atoms with van der Waals surface area (Å²) in [5.41, 5.74) is 0. The molecule has 4 nitrogen and oxygen atoms in total. The van der Waals surface area contributed by atoms with Crippen LogP contribution in [0.5, 0.6) is 0 Å². The second-order valence-electron chi connectivity index (χ2n) is 4.31. The molecule has 4 heterocycles. The summed E-state index contributed by atoms with van der Waals surface area (Å²) in [4.78, 5) is 15.6. The van der Waals surface area contributed by atoms with Gasteiger partial charge in [0.2, 0.25) is 5.28 Å². The normalized spacial score (nSPS) is 11.5. The van der Waals surface area contributed by atoms with Crippen LogP contribution in [0.3, 0.4) is 0 Å². The Hall–Kier alpha value is -1.55. The molecule has 0 atom stereocenters. The van der Waals surface area contributed by atoms with Crippen LogP contribution in [0.25, 0.3) is 20.4 Å². The summed E-state index contributed by atoms with van der Waals surface area (Å²) < 4.78 is 37.0. The van der Waals surface area contributed by atoms with Crippen LogP contribution in [0.4, 0.5) is 13.2 Å². The Kier molecular flexibility index (Phi) is 4.86. The minimum Gasteiger partial charge on any atom is -0.244 e. The van der Waals surface area contributed by atoms with Gasteiger partial charge in [-0.25, -0.2) is 19.9 Å². The molecule has 4 rings (SSSR count). The number of hydrogen-bond donors (Lipinski definition) is 0. The lowest BCUT2D eigenvalue weighted by molar-refractivity contribution is -0.134. The van der Waals surface area contributed by atoms with Crippen LogP contribution in [0, 0.1) is 0 Å². The fraction of sp³-hybridized carbons (Fsp3) is 0.0769. The van der Waals surface area contributed by atoms with E-state index in [1.165, 1.54) is 0 Å². The SMILES string of the molecule is FC(F)(F)c1cc2c(Cl)nc(Cl)nc2s1.c1ncc2ccsc2n1. The highest BCUT2D eigenvalue weighted by molar-refractivity contribution is 7.18. The lowest BCUT2D eigenvalue weighted by atomic mass is 10.3. The Morgan fingerprint density at radius 2 is 1.88 bits per heavy atom. The zero-order valence-electron chi connectivity index (χ0n) is 11.4. The molecule has 0 unspecified atom stereocenters. The van der Waals surface area contributed by atoms with Crippen molar-refractivity contribution >= 4 is 66.3 Å². The summed E-state index contributed by atoms with van der Waals surface area (Å²) in [6.45, 7) is 0. The molecule has 0 aromatic carbocycles. The molecule has 0 N–H and O–H groups in total. The van der Waals surface area contributed by atoms with Gasteiger partial charge in [0.15, 0.2) is 0 Å². The molecule has 0 saturated carbocycles. The van der Waals surface area contributed by atoms with Gasteiger partial charge in [-0.1, -0.05) is 11.6 Å². The number of alkyl halides is 3. The minimum absolute atomic E-state index is 0.0725. The molecule has 4 aromatic rings. The van der Waals surface area contributed by atoms with Crippen LogP contribution in [0.1, 0.15) is 4.88 Å². The molecule has 11 heteroatoms. The number of aromatic nitrogens is 4. The molecule has 24 heavy (non-hydrogen) atoms. The van der Waals surface area contributed by atoms with Crippen LogP contribution in [0.15, 0.2) is 30.0 Å². The van der Waals surface area contributed by atoms with Crippen molar-refractivity contribution < 1.29 is 13.2 Å². The second-order valence-corrected chi connectivity index (χ2v) is 6.94. The molecule has 0 fully saturated rings. The van der Waals surface area contributed by atoms with Gasteiger partial charge in [0.1, 0.15) is 26.0 Å². The summed E-state index contributed by atoms with van der Waals surface area (Å²) in [6, 6.07) is 2.93. The van der Waals surface area contributed by atoms with Crippen molar-refractivity contribution in [1.82, 2.24) is 19.9 Å². The Labute approximate surface area is 150 Å². The van der Waals surface area contributed by atoms with E-state index in [4.69, 9.17) is 23.2 Å². The van der Waals surface area contributed by atoms with Gasteiger partial charge in [0, 0.05) is 17.0 Å². The Morgan fingerprint density at radius 1 is 1.08 bits per heavy atom. The van der Waals surface area contributed by atoms with Crippen molar-refractivity contribution in [1.29, 1.82) is 0 Å². The first-order valence-electron chi connectivity index (χ1n) is 6.17. The zero-order valence-corrected chi connectivity index (χ0v) is 14.5. The number of thiophene rings is 2. The number of fused-ring (bicyclic) bond motifs is 2. The number of rotatable bonds is 0. The fourth-order valence-electron chi connectivity index (χ4n) is 1.72. The van der Waals surface area contributed by atoms with Gasteiger partial charge in [-0.2, -0.15) is 13.2 Å². The van der Waals surface area contributed by atoms with Gasteiger partial charge in [0.05, 0.1) is 0 Å². The number of hydrogen-bond acceptors (Lipinski definition) is 6. The van der Waals surface area contributed by atoms with Gasteiger partial charge < -0.3 is 0 Å². The number of nitrogens with zero attached hydrogens (tertiary/aromatic N) is 4. The quantitative estimate of drug-likeness (QED) is 0.276. The van der Waals surface area contributed by atoms with Crippen LogP contribution in [-0.4, -0.2) is 19.9 Å². The highest BCUT2D eigenvalue weighted by atomic mass is 35.5. The smallest absolute Gasteiger partial charge is 0.244 e. The van der Waals surface area contributed by atoms with Crippen molar-refractivity contribution in [3.05, 3.63) is 45.4 Å². The van der Waals surface area contributed by atoms with Gasteiger partial charge >= 0.3 is 6.18 Å². The van der Waals surface area contributed by atoms with Crippen molar-refractivity contribution in [2.45, 2.75) is 6.18 Å². The number of halogens is 5. The van der Waals surface area contributed by atoms with Crippen molar-refractivity contribution in [3.8, 4) is 0 Å². The van der Waals surface area contributed by atoms with Crippen LogP contribution < -0.4 is 0 Å². The van der Waals surface area contributed by atoms with E-state index in [0.29, 0.717) is 11.3 Å². The third-order valence-electron chi connectivity index (χ3n) is 2.73. The lowest BCUT2D eigenvalue weighted by Crippen LogP contribution is -2.00.